The molecule has 0 bridgehead atoms. The molecule has 0 N–H and O–H groups in total. The molecule has 2 heteroatoms. The molecule has 0 unspecified atom stereocenters. The van der Waals surface area contributed by atoms with Crippen molar-refractivity contribution in [2.75, 3.05) is 0 Å². The van der Waals surface area contributed by atoms with Crippen LogP contribution in [0.25, 0.3) is 21.9 Å². The van der Waals surface area contributed by atoms with E-state index < -0.39 is 0 Å². The molecule has 0 atom stereocenters. The predicted octanol–water partition coefficient (Wildman–Crippen LogP) is 5.15. The molecule has 0 aliphatic heterocycles. The number of hydrogen-bond donors (Lipinski definition) is 0. The van der Waals surface area contributed by atoms with Gasteiger partial charge in [-0.1, -0.05) is 78.9 Å². The Balaban J connectivity index is 0.000000136. The van der Waals surface area contributed by atoms with Gasteiger partial charge in [-0.05, 0) is 28.6 Å². The molecule has 112 valence electrons. The third-order valence-electron chi connectivity index (χ3n) is 3.48. The van der Waals surface area contributed by atoms with Gasteiger partial charge in [0.1, 0.15) is 0 Å². The molecule has 0 saturated heterocycles. The van der Waals surface area contributed by atoms with Gasteiger partial charge < -0.3 is 4.42 Å². The van der Waals surface area contributed by atoms with Gasteiger partial charge in [0.2, 0.25) is 0 Å². The van der Waals surface area contributed by atoms with Crippen LogP contribution in [0.4, 0.5) is 0 Å². The fraction of sp³-hybridized carbons (Fsp3) is 0. The summed E-state index contributed by atoms with van der Waals surface area (Å²) >= 11 is 0. The van der Waals surface area contributed by atoms with Crippen molar-refractivity contribution in [3.8, 4) is 11.1 Å². The number of benzene rings is 3. The van der Waals surface area contributed by atoms with E-state index in [0.29, 0.717) is 5.39 Å². The molecule has 0 fully saturated rings. The van der Waals surface area contributed by atoms with Gasteiger partial charge in [-0.2, -0.15) is 0 Å². The molecule has 23 heavy (non-hydrogen) atoms. The molecule has 1 heterocycles. The molecule has 1 aromatic heterocycles. The lowest BCUT2D eigenvalue weighted by Crippen LogP contribution is -1.96. The smallest absolute Gasteiger partial charge is 0.343 e. The fourth-order valence-electron chi connectivity index (χ4n) is 2.32. The number of hydrogen-bond acceptors (Lipinski definition) is 2. The molecule has 0 saturated carbocycles. The Bertz CT molecular complexity index is 883. The van der Waals surface area contributed by atoms with Crippen LogP contribution in [0.1, 0.15) is 0 Å². The van der Waals surface area contributed by atoms with Crippen molar-refractivity contribution < 1.29 is 4.42 Å². The monoisotopic (exact) mass is 300 g/mol. The van der Waals surface area contributed by atoms with Gasteiger partial charge in [0.15, 0.2) is 0 Å². The minimum Gasteiger partial charge on any atom is -0.431 e. The summed E-state index contributed by atoms with van der Waals surface area (Å²) in [6.45, 7) is 0. The molecule has 0 amide bonds. The Morgan fingerprint density at radius 2 is 1.09 bits per heavy atom. The van der Waals surface area contributed by atoms with Crippen LogP contribution in [0, 0.1) is 0 Å². The average molecular weight is 300 g/mol. The standard InChI is InChI=1S/C12H10.C9H6O2/c1-3-7-11(8-4-1)12-9-5-2-6-10-12;10-9-8-4-2-1-3-7(8)5-6-11-9/h1-10H;1-6H. The summed E-state index contributed by atoms with van der Waals surface area (Å²) in [6, 6.07) is 29.9. The van der Waals surface area contributed by atoms with Crippen molar-refractivity contribution in [2.45, 2.75) is 0 Å². The normalized spacial score (nSPS) is 9.91. The van der Waals surface area contributed by atoms with Crippen LogP contribution in [0.3, 0.4) is 0 Å². The molecule has 4 aromatic rings. The van der Waals surface area contributed by atoms with Crippen molar-refractivity contribution in [2.24, 2.45) is 0 Å². The lowest BCUT2D eigenvalue weighted by atomic mass is 10.1. The van der Waals surface area contributed by atoms with E-state index in [1.807, 2.05) is 30.3 Å². The van der Waals surface area contributed by atoms with E-state index >= 15 is 0 Å². The highest BCUT2D eigenvalue weighted by molar-refractivity contribution is 5.80. The van der Waals surface area contributed by atoms with Crippen LogP contribution in [-0.2, 0) is 0 Å². The second-order valence-electron chi connectivity index (χ2n) is 5.03. The van der Waals surface area contributed by atoms with Crippen molar-refractivity contribution >= 4 is 10.8 Å². The molecule has 2 nitrogen and oxygen atoms in total. The number of rotatable bonds is 1. The predicted molar refractivity (Wildman–Crippen MR) is 94.4 cm³/mol. The van der Waals surface area contributed by atoms with Gasteiger partial charge in [-0.25, -0.2) is 4.79 Å². The lowest BCUT2D eigenvalue weighted by Gasteiger charge is -1.98. The van der Waals surface area contributed by atoms with Crippen LogP contribution in [0.2, 0.25) is 0 Å². The van der Waals surface area contributed by atoms with Crippen molar-refractivity contribution in [1.82, 2.24) is 0 Å². The summed E-state index contributed by atoms with van der Waals surface area (Å²) in [6.07, 6.45) is 1.41. The molecule has 0 aliphatic carbocycles. The third kappa shape index (κ3) is 3.74. The van der Waals surface area contributed by atoms with E-state index in [4.69, 9.17) is 0 Å². The maximum atomic E-state index is 11.0. The zero-order valence-electron chi connectivity index (χ0n) is 12.6. The van der Waals surface area contributed by atoms with Crippen molar-refractivity contribution in [3.05, 3.63) is 108 Å². The Labute approximate surface area is 134 Å². The largest absolute Gasteiger partial charge is 0.431 e. The summed E-state index contributed by atoms with van der Waals surface area (Å²) in [5.74, 6) is 0. The summed E-state index contributed by atoms with van der Waals surface area (Å²) in [5, 5.41) is 1.55. The minimum atomic E-state index is -0.275. The van der Waals surface area contributed by atoms with Crippen LogP contribution in [-0.4, -0.2) is 0 Å². The highest BCUT2D eigenvalue weighted by Crippen LogP contribution is 2.17. The molecular formula is C21H16O2. The lowest BCUT2D eigenvalue weighted by molar-refractivity contribution is 0.519. The molecule has 0 radical (unpaired) electrons. The second kappa shape index (κ2) is 7.23. The summed E-state index contributed by atoms with van der Waals surface area (Å²) < 4.78 is 4.68. The first-order chi connectivity index (χ1) is 11.3. The first-order valence-corrected chi connectivity index (χ1v) is 7.41. The van der Waals surface area contributed by atoms with Crippen molar-refractivity contribution in [3.63, 3.8) is 0 Å². The van der Waals surface area contributed by atoms with E-state index in [1.165, 1.54) is 17.4 Å². The summed E-state index contributed by atoms with van der Waals surface area (Å²) in [7, 11) is 0. The molecule has 4 rings (SSSR count). The van der Waals surface area contributed by atoms with Crippen molar-refractivity contribution in [1.29, 1.82) is 0 Å². The molecule has 3 aromatic carbocycles. The average Bonchev–Trinajstić information content (AvgIpc) is 2.64. The van der Waals surface area contributed by atoms with Crippen LogP contribution in [0.5, 0.6) is 0 Å². The van der Waals surface area contributed by atoms with Gasteiger partial charge in [0.25, 0.3) is 0 Å². The quantitative estimate of drug-likeness (QED) is 0.487. The number of fused-ring (bicyclic) bond motifs is 1. The molecular weight excluding hydrogens is 284 g/mol. The Kier molecular flexibility index (Phi) is 4.65. The fourth-order valence-corrected chi connectivity index (χ4v) is 2.32. The zero-order valence-corrected chi connectivity index (χ0v) is 12.6. The Morgan fingerprint density at radius 1 is 0.565 bits per heavy atom. The maximum absolute atomic E-state index is 11.0. The van der Waals surface area contributed by atoms with Crippen LogP contribution in [0.15, 0.2) is 106 Å². The van der Waals surface area contributed by atoms with E-state index in [1.54, 1.807) is 12.1 Å². The first-order valence-electron chi connectivity index (χ1n) is 7.41. The first kappa shape index (κ1) is 14.8. The third-order valence-corrected chi connectivity index (χ3v) is 3.48. The zero-order chi connectivity index (χ0) is 15.9. The van der Waals surface area contributed by atoms with Crippen LogP contribution < -0.4 is 5.63 Å². The van der Waals surface area contributed by atoms with Crippen LogP contribution >= 0.6 is 0 Å². The molecule has 0 spiro atoms. The maximum Gasteiger partial charge on any atom is 0.343 e. The topological polar surface area (TPSA) is 30.2 Å². The van der Waals surface area contributed by atoms with Gasteiger partial charge >= 0.3 is 5.63 Å². The van der Waals surface area contributed by atoms with Gasteiger partial charge in [-0.15, -0.1) is 0 Å². The van der Waals surface area contributed by atoms with E-state index in [9.17, 15) is 4.79 Å². The highest BCUT2D eigenvalue weighted by Gasteiger charge is 1.95. The van der Waals surface area contributed by atoms with E-state index in [0.717, 1.165) is 5.39 Å². The summed E-state index contributed by atoms with van der Waals surface area (Å²) in [4.78, 5) is 11.0. The van der Waals surface area contributed by atoms with E-state index in [-0.39, 0.29) is 5.63 Å². The summed E-state index contributed by atoms with van der Waals surface area (Å²) in [5.41, 5.74) is 2.28. The SMILES string of the molecule is O=c1occc2ccccc12.c1ccc(-c2ccccc2)cc1. The Morgan fingerprint density at radius 3 is 1.65 bits per heavy atom. The molecule has 0 aliphatic rings. The highest BCUT2D eigenvalue weighted by atomic mass is 16.4. The Hall–Kier alpha value is -3.13. The second-order valence-corrected chi connectivity index (χ2v) is 5.03. The minimum absolute atomic E-state index is 0.275. The van der Waals surface area contributed by atoms with Gasteiger partial charge in [0, 0.05) is 0 Å². The van der Waals surface area contributed by atoms with E-state index in [2.05, 4.69) is 52.9 Å². The van der Waals surface area contributed by atoms with Gasteiger partial charge in [-0.3, -0.25) is 0 Å². The van der Waals surface area contributed by atoms with Gasteiger partial charge in [0.05, 0.1) is 11.6 Å².